The molecule has 0 saturated heterocycles. The number of fused-ring (bicyclic) bond motifs is 9. The molecule has 0 spiro atoms. The topological polar surface area (TPSA) is 42.6 Å². The molecular weight excluding hydrogens is 360 g/mol. The van der Waals surface area contributed by atoms with E-state index in [4.69, 9.17) is 9.15 Å². The minimum Gasteiger partial charge on any atom is -0.507 e. The minimum atomic E-state index is -0.191. The van der Waals surface area contributed by atoms with Gasteiger partial charge in [0.15, 0.2) is 11.3 Å². The summed E-state index contributed by atoms with van der Waals surface area (Å²) in [7, 11) is 1.64. The van der Waals surface area contributed by atoms with Crippen molar-refractivity contribution in [1.29, 1.82) is 0 Å². The van der Waals surface area contributed by atoms with E-state index in [2.05, 4.69) is 44.2 Å². The number of rotatable bonds is 1. The van der Waals surface area contributed by atoms with E-state index in [0.717, 1.165) is 38.3 Å². The van der Waals surface area contributed by atoms with E-state index in [1.807, 2.05) is 30.3 Å². The molecule has 3 nitrogen and oxygen atoms in total. The monoisotopic (exact) mass is 380 g/mol. The fourth-order valence-electron chi connectivity index (χ4n) is 5.07. The van der Waals surface area contributed by atoms with Crippen molar-refractivity contribution >= 4 is 32.7 Å². The van der Waals surface area contributed by atoms with Crippen LogP contribution in [0.4, 0.5) is 0 Å². The average Bonchev–Trinajstić information content (AvgIpc) is 3.22. The smallest absolute Gasteiger partial charge is 0.177 e. The number of phenols is 1. The zero-order valence-electron chi connectivity index (χ0n) is 16.5. The van der Waals surface area contributed by atoms with Gasteiger partial charge in [-0.3, -0.25) is 0 Å². The van der Waals surface area contributed by atoms with Gasteiger partial charge >= 0.3 is 0 Å². The summed E-state index contributed by atoms with van der Waals surface area (Å²) in [6, 6.07) is 20.4. The van der Waals surface area contributed by atoms with Crippen LogP contribution in [-0.4, -0.2) is 12.2 Å². The number of furan rings is 1. The highest BCUT2D eigenvalue weighted by atomic mass is 16.5. The Bertz CT molecular complexity index is 1470. The van der Waals surface area contributed by atoms with Crippen LogP contribution in [0.15, 0.2) is 65.1 Å². The highest BCUT2D eigenvalue weighted by Gasteiger charge is 2.38. The second kappa shape index (κ2) is 5.32. The molecule has 29 heavy (non-hydrogen) atoms. The maximum absolute atomic E-state index is 11.0. The van der Waals surface area contributed by atoms with Crippen LogP contribution in [0.5, 0.6) is 11.5 Å². The summed E-state index contributed by atoms with van der Waals surface area (Å²) in [6.45, 7) is 4.44. The molecule has 0 radical (unpaired) electrons. The summed E-state index contributed by atoms with van der Waals surface area (Å²) in [5, 5.41) is 14.9. The molecule has 3 heteroatoms. The molecule has 0 aliphatic heterocycles. The Kier molecular flexibility index (Phi) is 3.03. The second-order valence-corrected chi connectivity index (χ2v) is 8.29. The van der Waals surface area contributed by atoms with Gasteiger partial charge in [-0.05, 0) is 40.5 Å². The number of aromatic hydroxyl groups is 1. The molecule has 0 fully saturated rings. The number of hydrogen-bond donors (Lipinski definition) is 1. The highest BCUT2D eigenvalue weighted by molar-refractivity contribution is 6.26. The van der Waals surface area contributed by atoms with Gasteiger partial charge in [0, 0.05) is 27.0 Å². The van der Waals surface area contributed by atoms with Gasteiger partial charge in [-0.1, -0.05) is 56.3 Å². The van der Waals surface area contributed by atoms with Crippen molar-refractivity contribution in [3.05, 3.63) is 71.8 Å². The standard InChI is InChI=1S/C26H20O3/c1-26(2)17-10-6-4-8-14(17)22-18(26)13-19(27)16-12-21(28-3)25-24(23(16)22)15-9-5-7-11-20(15)29-25/h4-13,27H,1-3H3. The lowest BCUT2D eigenvalue weighted by Gasteiger charge is -2.22. The van der Waals surface area contributed by atoms with E-state index >= 15 is 0 Å². The van der Waals surface area contributed by atoms with Gasteiger partial charge in [-0.15, -0.1) is 0 Å². The Morgan fingerprint density at radius 2 is 1.62 bits per heavy atom. The molecule has 4 aromatic carbocycles. The van der Waals surface area contributed by atoms with E-state index in [1.54, 1.807) is 7.11 Å². The molecule has 6 rings (SSSR count). The zero-order valence-corrected chi connectivity index (χ0v) is 16.5. The molecule has 0 saturated carbocycles. The fourth-order valence-corrected chi connectivity index (χ4v) is 5.07. The van der Waals surface area contributed by atoms with Gasteiger partial charge in [0.1, 0.15) is 11.3 Å². The lowest BCUT2D eigenvalue weighted by molar-refractivity contribution is 0.412. The zero-order chi connectivity index (χ0) is 19.9. The van der Waals surface area contributed by atoms with E-state index in [1.165, 1.54) is 16.7 Å². The summed E-state index contributed by atoms with van der Waals surface area (Å²) < 4.78 is 11.9. The molecule has 1 N–H and O–H groups in total. The molecule has 1 aliphatic rings. The third-order valence-electron chi connectivity index (χ3n) is 6.45. The molecule has 0 atom stereocenters. The summed E-state index contributed by atoms with van der Waals surface area (Å²) in [5.41, 5.74) is 6.15. The van der Waals surface area contributed by atoms with Crippen LogP contribution in [-0.2, 0) is 5.41 Å². The minimum absolute atomic E-state index is 0.191. The van der Waals surface area contributed by atoms with Crippen LogP contribution in [0, 0.1) is 0 Å². The number of ether oxygens (including phenoxy) is 1. The first kappa shape index (κ1) is 16.5. The third-order valence-corrected chi connectivity index (χ3v) is 6.45. The van der Waals surface area contributed by atoms with Crippen molar-refractivity contribution in [3.63, 3.8) is 0 Å². The van der Waals surface area contributed by atoms with Crippen molar-refractivity contribution in [2.75, 3.05) is 7.11 Å². The Hall–Kier alpha value is -3.46. The molecule has 0 unspecified atom stereocenters. The van der Waals surface area contributed by atoms with Crippen LogP contribution in [0.1, 0.15) is 25.0 Å². The quantitative estimate of drug-likeness (QED) is 0.349. The van der Waals surface area contributed by atoms with Gasteiger partial charge in [0.25, 0.3) is 0 Å². The molecule has 1 aliphatic carbocycles. The molecule has 0 bridgehead atoms. The average molecular weight is 380 g/mol. The molecule has 1 aromatic heterocycles. The van der Waals surface area contributed by atoms with Crippen molar-refractivity contribution in [1.82, 2.24) is 0 Å². The molecule has 142 valence electrons. The van der Waals surface area contributed by atoms with Crippen molar-refractivity contribution in [2.45, 2.75) is 19.3 Å². The first-order chi connectivity index (χ1) is 14.0. The van der Waals surface area contributed by atoms with Gasteiger partial charge in [0.2, 0.25) is 0 Å². The normalized spacial score (nSPS) is 14.4. The lowest BCUT2D eigenvalue weighted by Crippen LogP contribution is -2.14. The van der Waals surface area contributed by atoms with Crippen LogP contribution in [0.25, 0.3) is 43.8 Å². The number of hydrogen-bond acceptors (Lipinski definition) is 3. The molecule has 1 heterocycles. The summed E-state index contributed by atoms with van der Waals surface area (Å²) >= 11 is 0. The van der Waals surface area contributed by atoms with E-state index in [-0.39, 0.29) is 11.2 Å². The van der Waals surface area contributed by atoms with Gasteiger partial charge < -0.3 is 14.3 Å². The van der Waals surface area contributed by atoms with E-state index in [9.17, 15) is 5.11 Å². The Balaban J connectivity index is 1.96. The third kappa shape index (κ3) is 1.92. The van der Waals surface area contributed by atoms with Crippen molar-refractivity contribution in [2.24, 2.45) is 0 Å². The van der Waals surface area contributed by atoms with Gasteiger partial charge in [-0.25, -0.2) is 0 Å². The van der Waals surface area contributed by atoms with Crippen molar-refractivity contribution < 1.29 is 14.3 Å². The predicted octanol–water partition coefficient (Wildman–Crippen LogP) is 6.76. The maximum Gasteiger partial charge on any atom is 0.177 e. The van der Waals surface area contributed by atoms with E-state index < -0.39 is 0 Å². The number of benzene rings is 4. The number of phenolic OH excluding ortho intramolecular Hbond substituents is 1. The largest absolute Gasteiger partial charge is 0.507 e. The van der Waals surface area contributed by atoms with Crippen LogP contribution < -0.4 is 4.74 Å². The van der Waals surface area contributed by atoms with Gasteiger partial charge in [-0.2, -0.15) is 0 Å². The first-order valence-electron chi connectivity index (χ1n) is 9.80. The summed E-state index contributed by atoms with van der Waals surface area (Å²) in [5.74, 6) is 0.898. The van der Waals surface area contributed by atoms with Crippen LogP contribution in [0.3, 0.4) is 0 Å². The van der Waals surface area contributed by atoms with Gasteiger partial charge in [0.05, 0.1) is 7.11 Å². The second-order valence-electron chi connectivity index (χ2n) is 8.29. The Morgan fingerprint density at radius 3 is 2.45 bits per heavy atom. The molecule has 5 aromatic rings. The Labute approximate surface area is 168 Å². The number of para-hydroxylation sites is 1. The molecule has 0 amide bonds. The van der Waals surface area contributed by atoms with Crippen molar-refractivity contribution in [3.8, 4) is 22.6 Å². The number of methoxy groups -OCH3 is 1. The Morgan fingerprint density at radius 1 is 0.862 bits per heavy atom. The summed E-state index contributed by atoms with van der Waals surface area (Å²) in [6.07, 6.45) is 0. The summed E-state index contributed by atoms with van der Waals surface area (Å²) in [4.78, 5) is 0. The van der Waals surface area contributed by atoms with E-state index in [0.29, 0.717) is 5.75 Å². The molecular formula is C26H20O3. The highest BCUT2D eigenvalue weighted by Crippen LogP contribution is 2.55. The lowest BCUT2D eigenvalue weighted by atomic mass is 9.81. The first-order valence-corrected chi connectivity index (χ1v) is 9.80. The van der Waals surface area contributed by atoms with Crippen LogP contribution in [0.2, 0.25) is 0 Å². The SMILES string of the molecule is COc1cc2c(O)cc3c(c2c2c1oc1ccccc12)-c1ccccc1C3(C)C. The maximum atomic E-state index is 11.0. The predicted molar refractivity (Wildman–Crippen MR) is 117 cm³/mol. The fraction of sp³-hybridized carbons (Fsp3) is 0.154. The van der Waals surface area contributed by atoms with Crippen LogP contribution >= 0.6 is 0 Å².